The number of hydrogen-bond donors (Lipinski definition) is 1. The van der Waals surface area contributed by atoms with Crippen LogP contribution in [0.1, 0.15) is 5.89 Å². The van der Waals surface area contributed by atoms with Crippen LogP contribution >= 0.6 is 0 Å². The van der Waals surface area contributed by atoms with Gasteiger partial charge in [0.15, 0.2) is 16.4 Å². The fraction of sp³-hybridized carbons (Fsp3) is 0.111. The molecule has 0 saturated carbocycles. The van der Waals surface area contributed by atoms with Crippen LogP contribution < -0.4 is 10.3 Å². The van der Waals surface area contributed by atoms with Gasteiger partial charge >= 0.3 is 0 Å². The molecule has 0 aliphatic carbocycles. The van der Waals surface area contributed by atoms with Gasteiger partial charge in [0.2, 0.25) is 5.82 Å². The third-order valence-electron chi connectivity index (χ3n) is 3.96. The van der Waals surface area contributed by atoms with E-state index in [1.54, 1.807) is 30.3 Å². The molecular formula is C18H14N4O5S. The number of aromatic nitrogens is 4. The van der Waals surface area contributed by atoms with Crippen molar-refractivity contribution in [1.29, 1.82) is 0 Å². The summed E-state index contributed by atoms with van der Waals surface area (Å²) in [5, 5.41) is 4.37. The largest absolute Gasteiger partial charge is 0.484 e. The summed E-state index contributed by atoms with van der Waals surface area (Å²) < 4.78 is 33.9. The summed E-state index contributed by atoms with van der Waals surface area (Å²) in [6, 6.07) is 11.2. The number of benzene rings is 2. The average molecular weight is 398 g/mol. The Morgan fingerprint density at radius 2 is 2.04 bits per heavy atom. The highest BCUT2D eigenvalue weighted by molar-refractivity contribution is 7.90. The first-order valence-corrected chi connectivity index (χ1v) is 10.0. The summed E-state index contributed by atoms with van der Waals surface area (Å²) in [7, 11) is -3.32. The SMILES string of the molecule is CS(=O)(=O)c1cccc(OCc2nc(-c3ccc4c(=O)[nH]cnc4c3)no2)c1. The Kier molecular flexibility index (Phi) is 4.40. The molecule has 1 N–H and O–H groups in total. The molecule has 9 nitrogen and oxygen atoms in total. The number of fused-ring (bicyclic) bond motifs is 1. The van der Waals surface area contributed by atoms with Gasteiger partial charge in [-0.15, -0.1) is 0 Å². The van der Waals surface area contributed by atoms with Gasteiger partial charge in [0.25, 0.3) is 11.4 Å². The van der Waals surface area contributed by atoms with E-state index in [-0.39, 0.29) is 23.0 Å². The minimum absolute atomic E-state index is 0.0221. The summed E-state index contributed by atoms with van der Waals surface area (Å²) in [6.45, 7) is -0.0221. The lowest BCUT2D eigenvalue weighted by Crippen LogP contribution is -2.05. The van der Waals surface area contributed by atoms with Crippen LogP contribution in [0.3, 0.4) is 0 Å². The van der Waals surface area contributed by atoms with Crippen molar-refractivity contribution in [3.8, 4) is 17.1 Å². The molecule has 0 atom stereocenters. The van der Waals surface area contributed by atoms with E-state index in [0.29, 0.717) is 28.0 Å². The number of H-pyrrole nitrogens is 1. The van der Waals surface area contributed by atoms with Gasteiger partial charge in [-0.1, -0.05) is 17.3 Å². The second kappa shape index (κ2) is 6.89. The van der Waals surface area contributed by atoms with Crippen molar-refractivity contribution in [3.05, 3.63) is 65.0 Å². The maximum Gasteiger partial charge on any atom is 0.264 e. The molecular weight excluding hydrogens is 384 g/mol. The van der Waals surface area contributed by atoms with Crippen molar-refractivity contribution in [2.75, 3.05) is 6.26 Å². The van der Waals surface area contributed by atoms with Gasteiger partial charge in [0.05, 0.1) is 22.1 Å². The van der Waals surface area contributed by atoms with Gasteiger partial charge in [-0.25, -0.2) is 13.4 Å². The fourth-order valence-electron chi connectivity index (χ4n) is 2.58. The van der Waals surface area contributed by atoms with Gasteiger partial charge in [0, 0.05) is 11.8 Å². The maximum absolute atomic E-state index is 11.7. The standard InChI is InChI=1S/C18H14N4O5S/c1-28(24,25)13-4-2-3-12(8-13)26-9-16-21-17(22-27-16)11-5-6-14-15(7-11)19-10-20-18(14)23/h2-8,10H,9H2,1H3,(H,19,20,23). The molecule has 0 aliphatic rings. The minimum Gasteiger partial charge on any atom is -0.484 e. The van der Waals surface area contributed by atoms with Gasteiger partial charge in [0.1, 0.15) is 5.75 Å². The molecule has 0 fully saturated rings. The van der Waals surface area contributed by atoms with Crippen LogP contribution in [0.4, 0.5) is 0 Å². The number of ether oxygens (including phenoxy) is 1. The molecule has 4 rings (SSSR count). The first-order chi connectivity index (χ1) is 13.4. The van der Waals surface area contributed by atoms with Crippen LogP contribution in [-0.2, 0) is 16.4 Å². The third-order valence-corrected chi connectivity index (χ3v) is 5.07. The Morgan fingerprint density at radius 3 is 2.86 bits per heavy atom. The van der Waals surface area contributed by atoms with E-state index in [4.69, 9.17) is 9.26 Å². The fourth-order valence-corrected chi connectivity index (χ4v) is 3.23. The van der Waals surface area contributed by atoms with E-state index in [9.17, 15) is 13.2 Å². The van der Waals surface area contributed by atoms with Crippen LogP contribution in [0.15, 0.2) is 63.0 Å². The maximum atomic E-state index is 11.7. The third kappa shape index (κ3) is 3.62. The molecule has 10 heteroatoms. The topological polar surface area (TPSA) is 128 Å². The van der Waals surface area contributed by atoms with E-state index in [0.717, 1.165) is 6.26 Å². The van der Waals surface area contributed by atoms with Crippen LogP contribution in [0.2, 0.25) is 0 Å². The Hall–Kier alpha value is -3.53. The Morgan fingerprint density at radius 1 is 1.18 bits per heavy atom. The van der Waals surface area contributed by atoms with Crippen molar-refractivity contribution >= 4 is 20.7 Å². The van der Waals surface area contributed by atoms with Gasteiger partial charge in [-0.3, -0.25) is 4.79 Å². The van der Waals surface area contributed by atoms with Crippen molar-refractivity contribution in [2.24, 2.45) is 0 Å². The quantitative estimate of drug-likeness (QED) is 0.540. The van der Waals surface area contributed by atoms with Crippen molar-refractivity contribution in [1.82, 2.24) is 20.1 Å². The Balaban J connectivity index is 1.53. The summed E-state index contributed by atoms with van der Waals surface area (Å²) >= 11 is 0. The van der Waals surface area contributed by atoms with E-state index in [1.165, 1.54) is 18.5 Å². The zero-order valence-electron chi connectivity index (χ0n) is 14.6. The van der Waals surface area contributed by atoms with Crippen molar-refractivity contribution < 1.29 is 17.7 Å². The molecule has 0 radical (unpaired) electrons. The predicted octanol–water partition coefficient (Wildman–Crippen LogP) is 1.96. The predicted molar refractivity (Wildman–Crippen MR) is 99.5 cm³/mol. The van der Waals surface area contributed by atoms with Crippen LogP contribution in [0.25, 0.3) is 22.3 Å². The van der Waals surface area contributed by atoms with E-state index < -0.39 is 9.84 Å². The average Bonchev–Trinajstić information content (AvgIpc) is 3.15. The second-order valence-corrected chi connectivity index (χ2v) is 8.03. The summed E-state index contributed by atoms with van der Waals surface area (Å²) in [4.78, 5) is 22.8. The Labute approximate surface area is 158 Å². The second-order valence-electron chi connectivity index (χ2n) is 6.01. The van der Waals surface area contributed by atoms with E-state index in [1.807, 2.05) is 0 Å². The van der Waals surface area contributed by atoms with Crippen LogP contribution in [-0.4, -0.2) is 34.8 Å². The summed E-state index contributed by atoms with van der Waals surface area (Å²) in [5.41, 5.74) is 0.927. The lowest BCUT2D eigenvalue weighted by molar-refractivity contribution is 0.242. The van der Waals surface area contributed by atoms with Crippen molar-refractivity contribution in [3.63, 3.8) is 0 Å². The Bertz CT molecular complexity index is 1330. The van der Waals surface area contributed by atoms with E-state index >= 15 is 0 Å². The lowest BCUT2D eigenvalue weighted by atomic mass is 10.1. The monoisotopic (exact) mass is 398 g/mol. The highest BCUT2D eigenvalue weighted by Gasteiger charge is 2.12. The molecule has 0 spiro atoms. The first kappa shape index (κ1) is 17.9. The molecule has 28 heavy (non-hydrogen) atoms. The van der Waals surface area contributed by atoms with E-state index in [2.05, 4.69) is 20.1 Å². The summed E-state index contributed by atoms with van der Waals surface area (Å²) in [5.74, 6) is 0.919. The molecule has 4 aromatic rings. The molecule has 2 heterocycles. The highest BCUT2D eigenvalue weighted by atomic mass is 32.2. The van der Waals surface area contributed by atoms with Crippen molar-refractivity contribution in [2.45, 2.75) is 11.5 Å². The molecule has 2 aromatic heterocycles. The number of hydrogen-bond acceptors (Lipinski definition) is 8. The minimum atomic E-state index is -3.32. The number of aromatic amines is 1. The molecule has 142 valence electrons. The molecule has 0 aliphatic heterocycles. The number of rotatable bonds is 5. The van der Waals surface area contributed by atoms with Crippen LogP contribution in [0.5, 0.6) is 5.75 Å². The first-order valence-electron chi connectivity index (χ1n) is 8.13. The normalized spacial score (nSPS) is 11.6. The number of nitrogens with zero attached hydrogens (tertiary/aromatic N) is 3. The smallest absolute Gasteiger partial charge is 0.264 e. The summed E-state index contributed by atoms with van der Waals surface area (Å²) in [6.07, 6.45) is 2.46. The highest BCUT2D eigenvalue weighted by Crippen LogP contribution is 2.21. The van der Waals surface area contributed by atoms with Gasteiger partial charge < -0.3 is 14.2 Å². The molecule has 0 amide bonds. The lowest BCUT2D eigenvalue weighted by Gasteiger charge is -2.04. The zero-order chi connectivity index (χ0) is 19.7. The number of sulfone groups is 1. The van der Waals surface area contributed by atoms with Crippen LogP contribution in [0, 0.1) is 0 Å². The zero-order valence-corrected chi connectivity index (χ0v) is 15.4. The molecule has 0 unspecified atom stereocenters. The molecule has 0 saturated heterocycles. The molecule has 0 bridgehead atoms. The number of nitrogens with one attached hydrogen (secondary N) is 1. The van der Waals surface area contributed by atoms with Gasteiger partial charge in [-0.2, -0.15) is 4.98 Å². The molecule has 2 aromatic carbocycles. The van der Waals surface area contributed by atoms with Gasteiger partial charge in [-0.05, 0) is 30.3 Å².